The lowest BCUT2D eigenvalue weighted by Gasteiger charge is -2.18. The molecule has 0 aliphatic heterocycles. The summed E-state index contributed by atoms with van der Waals surface area (Å²) >= 11 is 0. The fourth-order valence-electron chi connectivity index (χ4n) is 7.22. The molecule has 0 radical (unpaired) electrons. The molecule has 0 bridgehead atoms. The Bertz CT molecular complexity index is 1610. The molecular weight excluding hydrogens is 893 g/mol. The SMILES string of the molecule is CN[C@@H](CCCCNC(=O)CC[C@H](NC(=O)CC[C@H](NC(=O)CC[C@H](NC(=O)CC[C@H](NC(=O)CCCCCCCCCCCCCCCCC(=O)O)C(=O)O)C(=O)O)C(=O)O)C(=O)O)C(C)=O. The first kappa shape index (κ1) is 62.3. The number of amides is 5. The predicted molar refractivity (Wildman–Crippen MR) is 247 cm³/mol. The van der Waals surface area contributed by atoms with Gasteiger partial charge in [-0.2, -0.15) is 0 Å². The van der Waals surface area contributed by atoms with Crippen LogP contribution in [0.3, 0.4) is 0 Å². The summed E-state index contributed by atoms with van der Waals surface area (Å²) in [5, 5.41) is 61.6. The molecule has 0 fully saturated rings. The Hall–Kier alpha value is -5.67. The van der Waals surface area contributed by atoms with Crippen LogP contribution in [-0.4, -0.2) is 134 Å². The molecule has 0 heterocycles. The van der Waals surface area contributed by atoms with Crippen molar-refractivity contribution in [3.05, 3.63) is 0 Å². The monoisotopic (exact) mass is 971 g/mol. The highest BCUT2D eigenvalue weighted by Crippen LogP contribution is 2.14. The van der Waals surface area contributed by atoms with E-state index in [0.717, 1.165) is 70.6 Å². The molecule has 0 aromatic heterocycles. The second-order valence-electron chi connectivity index (χ2n) is 17.1. The zero-order valence-electron chi connectivity index (χ0n) is 39.9. The summed E-state index contributed by atoms with van der Waals surface area (Å²) in [7, 11) is 1.68. The van der Waals surface area contributed by atoms with Crippen molar-refractivity contribution in [2.24, 2.45) is 0 Å². The normalized spacial score (nSPS) is 13.1. The number of carbonyl (C=O) groups excluding carboxylic acids is 6. The van der Waals surface area contributed by atoms with Gasteiger partial charge in [-0.1, -0.05) is 77.0 Å². The van der Waals surface area contributed by atoms with Crippen molar-refractivity contribution in [3.63, 3.8) is 0 Å². The lowest BCUT2D eigenvalue weighted by atomic mass is 10.0. The Morgan fingerprint density at radius 1 is 0.338 bits per heavy atom. The summed E-state index contributed by atoms with van der Waals surface area (Å²) in [5.74, 6) is -10.2. The van der Waals surface area contributed by atoms with E-state index in [-0.39, 0.29) is 43.9 Å². The Balaban J connectivity index is 4.57. The molecule has 22 heteroatoms. The van der Waals surface area contributed by atoms with Gasteiger partial charge in [-0.15, -0.1) is 0 Å². The zero-order valence-corrected chi connectivity index (χ0v) is 39.9. The highest BCUT2D eigenvalue weighted by atomic mass is 16.4. The van der Waals surface area contributed by atoms with E-state index >= 15 is 0 Å². The Labute approximate surface area is 398 Å². The smallest absolute Gasteiger partial charge is 0.326 e. The average molecular weight is 971 g/mol. The van der Waals surface area contributed by atoms with Crippen molar-refractivity contribution in [2.45, 2.75) is 210 Å². The van der Waals surface area contributed by atoms with Gasteiger partial charge in [0.25, 0.3) is 0 Å². The molecule has 0 spiro atoms. The molecule has 0 aromatic rings. The van der Waals surface area contributed by atoms with Gasteiger partial charge in [-0.3, -0.25) is 33.6 Å². The summed E-state index contributed by atoms with van der Waals surface area (Å²) in [6, 6.07) is -6.39. The van der Waals surface area contributed by atoms with Crippen molar-refractivity contribution in [3.8, 4) is 0 Å². The molecule has 5 atom stereocenters. The molecule has 0 aliphatic carbocycles. The van der Waals surface area contributed by atoms with Gasteiger partial charge in [-0.25, -0.2) is 19.2 Å². The number of aliphatic carboxylic acids is 5. The van der Waals surface area contributed by atoms with Gasteiger partial charge in [0.1, 0.15) is 30.0 Å². The third-order valence-electron chi connectivity index (χ3n) is 11.3. The Kier molecular flexibility index (Phi) is 35.1. The molecule has 5 amide bonds. The highest BCUT2D eigenvalue weighted by molar-refractivity contribution is 5.88. The van der Waals surface area contributed by atoms with E-state index in [0.29, 0.717) is 32.2 Å². The molecule has 0 aliphatic rings. The number of carboxylic acid groups (broad SMARTS) is 5. The van der Waals surface area contributed by atoms with E-state index in [1.807, 2.05) is 0 Å². The van der Waals surface area contributed by atoms with Crippen LogP contribution in [0, 0.1) is 0 Å². The van der Waals surface area contributed by atoms with Crippen molar-refractivity contribution >= 4 is 65.2 Å². The fraction of sp³-hybridized carbons (Fsp3) is 0.761. The van der Waals surface area contributed by atoms with Crippen molar-refractivity contribution in [1.29, 1.82) is 0 Å². The maximum Gasteiger partial charge on any atom is 0.326 e. The van der Waals surface area contributed by atoms with Crippen LogP contribution in [-0.2, 0) is 52.7 Å². The third kappa shape index (κ3) is 33.7. The fourth-order valence-corrected chi connectivity index (χ4v) is 7.22. The van der Waals surface area contributed by atoms with Gasteiger partial charge in [0.2, 0.25) is 29.5 Å². The molecule has 0 rings (SSSR count). The van der Waals surface area contributed by atoms with E-state index in [4.69, 9.17) is 5.11 Å². The number of carbonyl (C=O) groups is 11. The van der Waals surface area contributed by atoms with E-state index in [1.54, 1.807) is 7.05 Å². The van der Waals surface area contributed by atoms with E-state index in [1.165, 1.54) is 19.8 Å². The summed E-state index contributed by atoms with van der Waals surface area (Å²) in [5.41, 5.74) is 0. The number of carboxylic acids is 5. The molecule has 0 saturated heterocycles. The summed E-state index contributed by atoms with van der Waals surface area (Å²) in [6.07, 6.45) is 12.9. The summed E-state index contributed by atoms with van der Waals surface area (Å²) in [4.78, 5) is 132. The highest BCUT2D eigenvalue weighted by Gasteiger charge is 2.27. The second kappa shape index (κ2) is 38.3. The molecular formula is C46H78N6O16. The average Bonchev–Trinajstić information content (AvgIpc) is 3.26. The minimum Gasteiger partial charge on any atom is -0.481 e. The van der Waals surface area contributed by atoms with Gasteiger partial charge in [0, 0.05) is 45.1 Å². The van der Waals surface area contributed by atoms with Crippen molar-refractivity contribution in [2.75, 3.05) is 13.6 Å². The van der Waals surface area contributed by atoms with Crippen LogP contribution in [0.5, 0.6) is 0 Å². The van der Waals surface area contributed by atoms with Crippen molar-refractivity contribution in [1.82, 2.24) is 31.9 Å². The van der Waals surface area contributed by atoms with Gasteiger partial charge in [0.05, 0.1) is 6.04 Å². The quantitative estimate of drug-likeness (QED) is 0.0391. The van der Waals surface area contributed by atoms with Gasteiger partial charge in [-0.05, 0) is 71.8 Å². The van der Waals surface area contributed by atoms with Crippen molar-refractivity contribution < 1.29 is 78.3 Å². The number of Topliss-reactive ketones (excluding diaryl/α,β-unsaturated/α-hetero) is 1. The topological polar surface area (TPSA) is 361 Å². The Morgan fingerprint density at radius 2 is 0.632 bits per heavy atom. The standard InChI is InChI=1S/C46H78N6O16/c1-31(53)32(47-2)19-17-18-30-48-37(54)26-22-33(43(61)62)50-39(56)28-24-35(45(65)66)52-41(58)29-25-36(46(67)68)51-40(57)27-23-34(44(63)64)49-38(55)20-15-13-11-9-7-5-3-4-6-8-10-12-14-16-21-42(59)60/h32-36,47H,3-30H2,1-2H3,(H,48,54)(H,49,55)(H,50,56)(H,51,57)(H,52,58)(H,59,60)(H,61,62)(H,63,64)(H,65,66)(H,67,68)/t32-,33-,34-,35-,36-/m0/s1. The van der Waals surface area contributed by atoms with Crippen LogP contribution < -0.4 is 31.9 Å². The molecule has 22 nitrogen and oxygen atoms in total. The van der Waals surface area contributed by atoms with E-state index in [9.17, 15) is 73.2 Å². The number of rotatable bonds is 44. The van der Waals surface area contributed by atoms with Crippen LogP contribution in [0.25, 0.3) is 0 Å². The van der Waals surface area contributed by atoms with Crippen LogP contribution in [0.4, 0.5) is 0 Å². The van der Waals surface area contributed by atoms with Gasteiger partial charge < -0.3 is 57.4 Å². The second-order valence-corrected chi connectivity index (χ2v) is 17.1. The largest absolute Gasteiger partial charge is 0.481 e. The number of nitrogens with one attached hydrogen (secondary N) is 6. The van der Waals surface area contributed by atoms with Gasteiger partial charge >= 0.3 is 29.8 Å². The zero-order chi connectivity index (χ0) is 51.3. The predicted octanol–water partition coefficient (Wildman–Crippen LogP) is 3.17. The van der Waals surface area contributed by atoms with E-state index in [2.05, 4.69) is 31.9 Å². The van der Waals surface area contributed by atoms with Crippen LogP contribution in [0.1, 0.15) is 180 Å². The number of hydrogen-bond acceptors (Lipinski definition) is 12. The first-order chi connectivity index (χ1) is 32.3. The molecule has 0 saturated carbocycles. The lowest BCUT2D eigenvalue weighted by molar-refractivity contribution is -0.144. The summed E-state index contributed by atoms with van der Waals surface area (Å²) < 4.78 is 0. The first-order valence-electron chi connectivity index (χ1n) is 24.0. The number of hydrogen-bond donors (Lipinski definition) is 11. The number of ketones is 1. The molecule has 388 valence electrons. The minimum absolute atomic E-state index is 0.000119. The lowest BCUT2D eigenvalue weighted by Crippen LogP contribution is -2.45. The molecule has 68 heavy (non-hydrogen) atoms. The Morgan fingerprint density at radius 3 is 0.926 bits per heavy atom. The summed E-state index contributed by atoms with van der Waals surface area (Å²) in [6.45, 7) is 1.78. The minimum atomic E-state index is -1.62. The van der Waals surface area contributed by atoms with Gasteiger partial charge in [0.15, 0.2) is 0 Å². The van der Waals surface area contributed by atoms with Crippen LogP contribution in [0.2, 0.25) is 0 Å². The van der Waals surface area contributed by atoms with Crippen LogP contribution in [0.15, 0.2) is 0 Å². The maximum atomic E-state index is 12.6. The number of likely N-dealkylation sites (N-methyl/N-ethyl adjacent to an activating group) is 1. The maximum absolute atomic E-state index is 12.6. The molecule has 0 unspecified atom stereocenters. The molecule has 11 N–H and O–H groups in total. The van der Waals surface area contributed by atoms with Crippen LogP contribution >= 0.6 is 0 Å². The third-order valence-corrected chi connectivity index (χ3v) is 11.3. The number of unbranched alkanes of at least 4 members (excludes halogenated alkanes) is 14. The first-order valence-corrected chi connectivity index (χ1v) is 24.0. The molecule has 0 aromatic carbocycles. The van der Waals surface area contributed by atoms with E-state index < -0.39 is 116 Å².